The summed E-state index contributed by atoms with van der Waals surface area (Å²) in [6.45, 7) is 16.6. The quantitative estimate of drug-likeness (QED) is 0.0664. The van der Waals surface area contributed by atoms with E-state index in [1.54, 1.807) is 4.57 Å². The molecular weight excluding hydrogens is 593 g/mol. The summed E-state index contributed by atoms with van der Waals surface area (Å²) in [4.78, 5) is 38.0. The fourth-order valence-corrected chi connectivity index (χ4v) is 6.70. The van der Waals surface area contributed by atoms with Crippen molar-refractivity contribution in [1.29, 1.82) is 0 Å². The average molecular weight is 646 g/mol. The number of carbonyl (C=O) groups is 2. The van der Waals surface area contributed by atoms with E-state index in [0.29, 0.717) is 6.42 Å². The standard InChI is InChI=1S/C33H52FN5O5Si/c1-10-14-15-16-19-25(40)36-28-27-29(38-31(34)37-28)39(22-35-27)26-20-24(44-45(8,9)32(5,6)7)33(13-4,43-26)21-42-30(41)23(17-11-2)18-12-3/h4,22-24,26H,10-12,14-21H2,1-3,5-9H3,(H,36,37,38,40)/t24?,26-,33-/m1/s1. The summed E-state index contributed by atoms with van der Waals surface area (Å²) in [5.74, 6) is 1.99. The Kier molecular flexibility index (Phi) is 12.7. The molecule has 1 fully saturated rings. The molecule has 250 valence electrons. The van der Waals surface area contributed by atoms with Gasteiger partial charge in [0.15, 0.2) is 30.9 Å². The molecule has 3 atom stereocenters. The van der Waals surface area contributed by atoms with Gasteiger partial charge in [0.1, 0.15) is 12.8 Å². The molecule has 10 nitrogen and oxygen atoms in total. The van der Waals surface area contributed by atoms with E-state index in [1.807, 2.05) is 13.8 Å². The van der Waals surface area contributed by atoms with Gasteiger partial charge < -0.3 is 19.2 Å². The number of unbranched alkanes of at least 4 members (excludes halogenated alkanes) is 3. The molecule has 0 bridgehead atoms. The van der Waals surface area contributed by atoms with Crippen LogP contribution in [0.4, 0.5) is 10.2 Å². The second kappa shape index (κ2) is 15.6. The Labute approximate surface area is 268 Å². The van der Waals surface area contributed by atoms with Gasteiger partial charge in [-0.1, -0.05) is 79.6 Å². The lowest BCUT2D eigenvalue weighted by Crippen LogP contribution is -2.52. The zero-order valence-electron chi connectivity index (χ0n) is 28.4. The fourth-order valence-electron chi connectivity index (χ4n) is 5.35. The number of terminal acetylenes is 1. The van der Waals surface area contributed by atoms with Crippen LogP contribution in [0.3, 0.4) is 0 Å². The predicted molar refractivity (Wildman–Crippen MR) is 175 cm³/mol. The Bertz CT molecular complexity index is 1350. The molecule has 0 radical (unpaired) electrons. The number of hydrogen-bond donors (Lipinski definition) is 1. The lowest BCUT2D eigenvalue weighted by atomic mass is 9.97. The number of ether oxygens (including phenoxy) is 2. The van der Waals surface area contributed by atoms with E-state index in [9.17, 15) is 14.0 Å². The average Bonchev–Trinajstić information content (AvgIpc) is 3.54. The number of esters is 1. The maximum atomic E-state index is 14.7. The molecular formula is C33H52FN5O5Si. The van der Waals surface area contributed by atoms with Crippen LogP contribution in [0.5, 0.6) is 0 Å². The third-order valence-corrected chi connectivity index (χ3v) is 13.5. The number of fused-ring (bicyclic) bond motifs is 1. The van der Waals surface area contributed by atoms with Gasteiger partial charge in [-0.15, -0.1) is 6.42 Å². The molecule has 2 aromatic heterocycles. The second-order valence-electron chi connectivity index (χ2n) is 13.6. The van der Waals surface area contributed by atoms with Crippen LogP contribution in [-0.4, -0.2) is 58.0 Å². The van der Waals surface area contributed by atoms with Crippen LogP contribution >= 0.6 is 0 Å². The first-order valence-electron chi connectivity index (χ1n) is 16.4. The van der Waals surface area contributed by atoms with Crippen LogP contribution in [0.25, 0.3) is 11.2 Å². The van der Waals surface area contributed by atoms with E-state index in [0.717, 1.165) is 51.4 Å². The van der Waals surface area contributed by atoms with Crippen LogP contribution in [0.1, 0.15) is 112 Å². The number of halogens is 1. The normalized spacial score (nSPS) is 20.5. The predicted octanol–water partition coefficient (Wildman–Crippen LogP) is 7.32. The fraction of sp³-hybridized carbons (Fsp3) is 0.727. The highest BCUT2D eigenvalue weighted by atomic mass is 28.4. The third kappa shape index (κ3) is 8.89. The van der Waals surface area contributed by atoms with Crippen molar-refractivity contribution in [2.45, 2.75) is 142 Å². The number of anilines is 1. The van der Waals surface area contributed by atoms with Gasteiger partial charge in [0.2, 0.25) is 5.91 Å². The maximum absolute atomic E-state index is 14.7. The van der Waals surface area contributed by atoms with E-state index in [-0.39, 0.29) is 52.8 Å². The number of carbonyl (C=O) groups excluding carboxylic acids is 2. The highest BCUT2D eigenvalue weighted by molar-refractivity contribution is 6.74. The lowest BCUT2D eigenvalue weighted by Gasteiger charge is -2.41. The van der Waals surface area contributed by atoms with Crippen LogP contribution in [0, 0.1) is 24.3 Å². The van der Waals surface area contributed by atoms with Crippen LogP contribution in [-0.2, 0) is 23.5 Å². The first-order chi connectivity index (χ1) is 21.2. The summed E-state index contributed by atoms with van der Waals surface area (Å²) in [7, 11) is -2.37. The van der Waals surface area contributed by atoms with Gasteiger partial charge in [0.25, 0.3) is 0 Å². The number of imidazole rings is 1. The molecule has 1 unspecified atom stereocenters. The third-order valence-electron chi connectivity index (χ3n) is 9.03. The molecule has 0 saturated carbocycles. The first-order valence-corrected chi connectivity index (χ1v) is 19.3. The van der Waals surface area contributed by atoms with Crippen molar-refractivity contribution in [3.05, 3.63) is 12.4 Å². The number of amides is 1. The smallest absolute Gasteiger partial charge is 0.312 e. The van der Waals surface area contributed by atoms with Crippen LogP contribution in [0.2, 0.25) is 18.1 Å². The zero-order valence-corrected chi connectivity index (χ0v) is 29.4. The highest BCUT2D eigenvalue weighted by Gasteiger charge is 2.54. The van der Waals surface area contributed by atoms with Crippen molar-refractivity contribution < 1.29 is 27.9 Å². The van der Waals surface area contributed by atoms with Gasteiger partial charge in [-0.05, 0) is 37.4 Å². The van der Waals surface area contributed by atoms with Gasteiger partial charge >= 0.3 is 12.0 Å². The molecule has 1 aliphatic heterocycles. The van der Waals surface area contributed by atoms with Gasteiger partial charge in [0, 0.05) is 12.8 Å². The van der Waals surface area contributed by atoms with E-state index in [2.05, 4.69) is 67.0 Å². The van der Waals surface area contributed by atoms with Crippen LogP contribution in [0.15, 0.2) is 6.33 Å². The minimum Gasteiger partial charge on any atom is -0.461 e. The van der Waals surface area contributed by atoms with Gasteiger partial charge in [-0.2, -0.15) is 14.4 Å². The molecule has 2 aromatic rings. The summed E-state index contributed by atoms with van der Waals surface area (Å²) >= 11 is 0. The van der Waals surface area contributed by atoms with E-state index < -0.39 is 32.3 Å². The number of nitrogens with one attached hydrogen (secondary N) is 1. The molecule has 3 heterocycles. The van der Waals surface area contributed by atoms with Crippen molar-refractivity contribution in [2.75, 3.05) is 11.9 Å². The number of aromatic nitrogens is 4. The highest BCUT2D eigenvalue weighted by Crippen LogP contribution is 2.45. The Hall–Kier alpha value is -2.88. The van der Waals surface area contributed by atoms with Crippen molar-refractivity contribution in [3.63, 3.8) is 0 Å². The van der Waals surface area contributed by atoms with E-state index in [4.69, 9.17) is 20.3 Å². The molecule has 1 amide bonds. The molecule has 1 saturated heterocycles. The molecule has 3 rings (SSSR count). The monoisotopic (exact) mass is 645 g/mol. The minimum absolute atomic E-state index is 0.00107. The minimum atomic E-state index is -2.37. The number of nitrogens with zero attached hydrogens (tertiary/aromatic N) is 4. The van der Waals surface area contributed by atoms with Gasteiger partial charge in [-0.25, -0.2) is 4.98 Å². The maximum Gasteiger partial charge on any atom is 0.312 e. The molecule has 0 spiro atoms. The molecule has 12 heteroatoms. The Morgan fingerprint density at radius 3 is 2.47 bits per heavy atom. The largest absolute Gasteiger partial charge is 0.461 e. The molecule has 1 N–H and O–H groups in total. The summed E-state index contributed by atoms with van der Waals surface area (Å²) < 4.78 is 35.6. The molecule has 1 aliphatic rings. The molecule has 0 aromatic carbocycles. The summed E-state index contributed by atoms with van der Waals surface area (Å²) in [5, 5.41) is 2.57. The summed E-state index contributed by atoms with van der Waals surface area (Å²) in [6, 6.07) is 0. The topological polar surface area (TPSA) is 117 Å². The SMILES string of the molecule is C#C[C@]1(COC(=O)C(CCC)CCC)O[C@@H](n2cnc3c(NC(=O)CCCCCC)nc(F)nc32)CC1O[Si](C)(C)C(C)(C)C. The van der Waals surface area contributed by atoms with E-state index >= 15 is 0 Å². The lowest BCUT2D eigenvalue weighted by molar-refractivity contribution is -0.161. The Morgan fingerprint density at radius 1 is 1.18 bits per heavy atom. The molecule has 45 heavy (non-hydrogen) atoms. The second-order valence-corrected chi connectivity index (χ2v) is 18.4. The number of hydrogen-bond acceptors (Lipinski definition) is 8. The first kappa shape index (κ1) is 36.6. The van der Waals surface area contributed by atoms with Crippen molar-refractivity contribution in [2.24, 2.45) is 5.92 Å². The van der Waals surface area contributed by atoms with Gasteiger partial charge in [-0.3, -0.25) is 14.2 Å². The summed E-state index contributed by atoms with van der Waals surface area (Å²) in [5.41, 5.74) is -1.01. The van der Waals surface area contributed by atoms with Crippen molar-refractivity contribution in [3.8, 4) is 12.3 Å². The number of rotatable bonds is 16. The van der Waals surface area contributed by atoms with Gasteiger partial charge in [0.05, 0.1) is 18.3 Å². The Morgan fingerprint density at radius 2 is 1.87 bits per heavy atom. The van der Waals surface area contributed by atoms with Crippen molar-refractivity contribution >= 4 is 37.2 Å². The molecule has 0 aliphatic carbocycles. The zero-order chi connectivity index (χ0) is 33.4. The van der Waals surface area contributed by atoms with E-state index in [1.165, 1.54) is 6.33 Å². The Balaban J connectivity index is 1.94. The van der Waals surface area contributed by atoms with Crippen LogP contribution < -0.4 is 5.32 Å². The summed E-state index contributed by atoms with van der Waals surface area (Å²) in [6.07, 6.45) is 12.8. The van der Waals surface area contributed by atoms with Crippen molar-refractivity contribution in [1.82, 2.24) is 19.5 Å².